The van der Waals surface area contributed by atoms with E-state index < -0.39 is 40.6 Å². The molecule has 0 heterocycles. The van der Waals surface area contributed by atoms with Crippen LogP contribution in [0.4, 0.5) is 0 Å². The molecule has 0 aliphatic rings. The van der Waals surface area contributed by atoms with E-state index in [4.69, 9.17) is 9.11 Å². The van der Waals surface area contributed by atoms with E-state index in [2.05, 4.69) is 0 Å². The van der Waals surface area contributed by atoms with Crippen LogP contribution < -0.4 is 0 Å². The molecular formula is C2H6O7S4. The highest BCUT2D eigenvalue weighted by Crippen LogP contribution is 2.16. The molecule has 0 saturated heterocycles. The van der Waals surface area contributed by atoms with Gasteiger partial charge < -0.3 is 4.55 Å². The van der Waals surface area contributed by atoms with Crippen molar-refractivity contribution in [1.82, 2.24) is 0 Å². The van der Waals surface area contributed by atoms with Crippen LogP contribution in [0.5, 0.6) is 0 Å². The summed E-state index contributed by atoms with van der Waals surface area (Å²) in [5, 5.41) is -1.94. The molecule has 0 bridgehead atoms. The first-order valence-corrected chi connectivity index (χ1v) is 8.56. The van der Waals surface area contributed by atoms with E-state index >= 15 is 0 Å². The maximum absolute atomic E-state index is 10.7. The highest BCUT2D eigenvalue weighted by atomic mass is 33.1. The number of rotatable bonds is 5. The molecule has 1 atom stereocenters. The third kappa shape index (κ3) is 10.4. The Kier molecular flexibility index (Phi) is 4.99. The van der Waals surface area contributed by atoms with Crippen LogP contribution in [0.25, 0.3) is 0 Å². The molecule has 0 aromatic rings. The minimum atomic E-state index is -4.39. The highest BCUT2D eigenvalue weighted by Gasteiger charge is 2.21. The van der Waals surface area contributed by atoms with Crippen LogP contribution >= 0.6 is 10.8 Å². The zero-order chi connectivity index (χ0) is 10.7. The molecule has 11 heteroatoms. The van der Waals surface area contributed by atoms with Gasteiger partial charge in [0.25, 0.3) is 10.1 Å². The van der Waals surface area contributed by atoms with Gasteiger partial charge in [0, 0.05) is 10.2 Å². The summed E-state index contributed by atoms with van der Waals surface area (Å²) in [7, 11) is -10.6. The summed E-state index contributed by atoms with van der Waals surface area (Å²) in [6.45, 7) is 0. The van der Waals surface area contributed by atoms with Crippen molar-refractivity contribution in [3.63, 3.8) is 0 Å². The van der Waals surface area contributed by atoms with Gasteiger partial charge in [-0.3, -0.25) is 9.11 Å². The minimum absolute atomic E-state index is 0.205. The zero-order valence-corrected chi connectivity index (χ0v) is 9.25. The Hall–Kier alpha value is 0.480. The van der Waals surface area contributed by atoms with Crippen LogP contribution in [0.15, 0.2) is 0 Å². The Balaban J connectivity index is 3.98. The monoisotopic (exact) mass is 270 g/mol. The molecule has 2 N–H and O–H groups in total. The summed E-state index contributed by atoms with van der Waals surface area (Å²) >= 11 is 0. The minimum Gasteiger partial charge on any atom is -0.604 e. The summed E-state index contributed by atoms with van der Waals surface area (Å²) in [6, 6.07) is 0. The molecule has 0 aromatic heterocycles. The van der Waals surface area contributed by atoms with E-state index in [1.165, 1.54) is 0 Å². The predicted octanol–water partition coefficient (Wildman–Crippen LogP) is -0.926. The predicted molar refractivity (Wildman–Crippen MR) is 48.6 cm³/mol. The van der Waals surface area contributed by atoms with Gasteiger partial charge in [0.15, 0.2) is 5.08 Å². The second-order valence-electron chi connectivity index (χ2n) is 1.82. The molecule has 0 rings (SSSR count). The van der Waals surface area contributed by atoms with E-state index in [1.807, 2.05) is 0 Å². The van der Waals surface area contributed by atoms with Gasteiger partial charge in [0.05, 0.1) is 0 Å². The lowest BCUT2D eigenvalue weighted by molar-refractivity contribution is 0.485. The fourth-order valence-corrected chi connectivity index (χ4v) is 6.20. The topological polar surface area (TPSA) is 132 Å². The van der Waals surface area contributed by atoms with Crippen LogP contribution in [-0.4, -0.2) is 40.7 Å². The third-order valence-corrected chi connectivity index (χ3v) is 6.89. The summed E-state index contributed by atoms with van der Waals surface area (Å²) in [5.41, 5.74) is 0. The Morgan fingerprint density at radius 3 is 1.92 bits per heavy atom. The maximum atomic E-state index is 10.7. The molecule has 7 nitrogen and oxygen atoms in total. The molecule has 0 spiro atoms. The SMILES string of the molecule is O=S(=O)(O)CS[S+]([O-])CS(=O)(=O)O. The Morgan fingerprint density at radius 2 is 1.62 bits per heavy atom. The average Bonchev–Trinajstić information content (AvgIpc) is 1.78. The summed E-state index contributed by atoms with van der Waals surface area (Å²) in [4.78, 5) is 0. The quantitative estimate of drug-likeness (QED) is 0.372. The van der Waals surface area contributed by atoms with E-state index in [0.717, 1.165) is 0 Å². The Bertz CT molecular complexity index is 339. The average molecular weight is 270 g/mol. The Morgan fingerprint density at radius 1 is 1.15 bits per heavy atom. The first-order chi connectivity index (χ1) is 5.60. The van der Waals surface area contributed by atoms with Gasteiger partial charge in [0.2, 0.25) is 5.08 Å². The van der Waals surface area contributed by atoms with Crippen molar-refractivity contribution >= 4 is 41.2 Å². The molecule has 0 aromatic carbocycles. The van der Waals surface area contributed by atoms with Crippen LogP contribution in [0, 0.1) is 0 Å². The van der Waals surface area contributed by atoms with Crippen molar-refractivity contribution in [2.24, 2.45) is 0 Å². The lowest BCUT2D eigenvalue weighted by Crippen LogP contribution is -2.14. The van der Waals surface area contributed by atoms with Crippen molar-refractivity contribution in [3.05, 3.63) is 0 Å². The van der Waals surface area contributed by atoms with Gasteiger partial charge in [-0.25, -0.2) is 0 Å². The fraction of sp³-hybridized carbons (Fsp3) is 1.00. The second kappa shape index (κ2) is 4.82. The molecule has 0 amide bonds. The summed E-state index contributed by atoms with van der Waals surface area (Å²) < 4.78 is 67.4. The standard InChI is InChI=1S/C2H6O7S4/c3-11(2-13(7,8)9)10-1-12(4,5)6/h1-2H2,(H,4,5,6)(H,7,8,9). The molecule has 0 aliphatic heterocycles. The smallest absolute Gasteiger partial charge is 0.312 e. The van der Waals surface area contributed by atoms with Gasteiger partial charge >= 0.3 is 10.1 Å². The maximum Gasteiger partial charge on any atom is 0.312 e. The summed E-state index contributed by atoms with van der Waals surface area (Å²) in [6.07, 6.45) is 0. The van der Waals surface area contributed by atoms with E-state index in [1.54, 1.807) is 0 Å². The molecule has 13 heavy (non-hydrogen) atoms. The zero-order valence-electron chi connectivity index (χ0n) is 5.98. The lowest BCUT2D eigenvalue weighted by atomic mass is 11.9. The third-order valence-electron chi connectivity index (χ3n) is 0.574. The molecule has 0 aliphatic carbocycles. The normalized spacial score (nSPS) is 15.6. The van der Waals surface area contributed by atoms with Crippen molar-refractivity contribution in [1.29, 1.82) is 0 Å². The highest BCUT2D eigenvalue weighted by molar-refractivity contribution is 8.74. The van der Waals surface area contributed by atoms with Gasteiger partial charge in [-0.2, -0.15) is 16.8 Å². The first kappa shape index (κ1) is 13.5. The summed E-state index contributed by atoms with van der Waals surface area (Å²) in [5.74, 6) is 0. The largest absolute Gasteiger partial charge is 0.604 e. The lowest BCUT2D eigenvalue weighted by Gasteiger charge is -2.04. The molecule has 80 valence electrons. The van der Waals surface area contributed by atoms with Gasteiger partial charge in [-0.05, 0) is 0 Å². The molecule has 0 radical (unpaired) electrons. The van der Waals surface area contributed by atoms with Crippen molar-refractivity contribution in [2.45, 2.75) is 0 Å². The number of hydrogen-bond donors (Lipinski definition) is 2. The Labute approximate surface area is 82.0 Å². The van der Waals surface area contributed by atoms with Crippen molar-refractivity contribution in [2.75, 3.05) is 10.2 Å². The molecular weight excluding hydrogens is 264 g/mol. The molecule has 1 unspecified atom stereocenters. The second-order valence-corrected chi connectivity index (χ2v) is 8.70. The molecule has 0 saturated carbocycles. The van der Waals surface area contributed by atoms with Gasteiger partial charge in [0.1, 0.15) is 10.8 Å². The van der Waals surface area contributed by atoms with Crippen LogP contribution in [-0.2, 0) is 30.4 Å². The van der Waals surface area contributed by atoms with Crippen molar-refractivity contribution in [3.8, 4) is 0 Å². The van der Waals surface area contributed by atoms with Gasteiger partial charge in [-0.15, -0.1) is 0 Å². The van der Waals surface area contributed by atoms with E-state index in [-0.39, 0.29) is 10.8 Å². The van der Waals surface area contributed by atoms with Crippen LogP contribution in [0.3, 0.4) is 0 Å². The van der Waals surface area contributed by atoms with E-state index in [9.17, 15) is 21.4 Å². The fourth-order valence-electron chi connectivity index (χ4n) is 0.270. The van der Waals surface area contributed by atoms with E-state index in [0.29, 0.717) is 0 Å². The number of hydrogen-bond acceptors (Lipinski definition) is 6. The van der Waals surface area contributed by atoms with Crippen molar-refractivity contribution < 1.29 is 30.5 Å². The first-order valence-electron chi connectivity index (χ1n) is 2.52. The van der Waals surface area contributed by atoms with Crippen LogP contribution in [0.2, 0.25) is 0 Å². The molecule has 0 fully saturated rings. The van der Waals surface area contributed by atoms with Gasteiger partial charge in [-0.1, -0.05) is 0 Å². The van der Waals surface area contributed by atoms with Crippen LogP contribution in [0.1, 0.15) is 0 Å².